The summed E-state index contributed by atoms with van der Waals surface area (Å²) < 4.78 is 5.87. The fraction of sp³-hybridized carbons (Fsp3) is 0.176. The van der Waals surface area contributed by atoms with Gasteiger partial charge in [0.05, 0.1) is 5.25 Å². The Morgan fingerprint density at radius 1 is 1.00 bits per heavy atom. The molecule has 2 amide bonds. The van der Waals surface area contributed by atoms with Gasteiger partial charge in [-0.1, -0.05) is 60.3 Å². The van der Waals surface area contributed by atoms with Crippen molar-refractivity contribution in [2.45, 2.75) is 18.3 Å². The van der Waals surface area contributed by atoms with Gasteiger partial charge in [-0.2, -0.15) is 0 Å². The Kier molecular flexibility index (Phi) is 4.44. The van der Waals surface area contributed by atoms with E-state index in [0.29, 0.717) is 13.0 Å². The third-order valence-corrected chi connectivity index (χ3v) is 4.36. The zero-order chi connectivity index (χ0) is 15.4. The molecular formula is C17H15NO3S. The number of imide groups is 1. The molecule has 0 aromatic heterocycles. The van der Waals surface area contributed by atoms with Crippen molar-refractivity contribution in [3.63, 3.8) is 0 Å². The van der Waals surface area contributed by atoms with Gasteiger partial charge < -0.3 is 4.74 Å². The normalized spacial score (nSPS) is 17.4. The second-order valence-corrected chi connectivity index (χ2v) is 6.14. The molecule has 2 aromatic carbocycles. The number of rotatable bonds is 5. The minimum Gasteiger partial charge on any atom is -0.489 e. The molecule has 1 N–H and O–H groups in total. The molecule has 1 unspecified atom stereocenters. The zero-order valence-electron chi connectivity index (χ0n) is 11.8. The summed E-state index contributed by atoms with van der Waals surface area (Å²) in [5.41, 5.74) is 2.02. The lowest BCUT2D eigenvalue weighted by Gasteiger charge is -2.13. The molecule has 1 fully saturated rings. The van der Waals surface area contributed by atoms with Gasteiger partial charge in [0.25, 0.3) is 5.24 Å². The Labute approximate surface area is 132 Å². The van der Waals surface area contributed by atoms with Crippen LogP contribution in [-0.2, 0) is 17.8 Å². The maximum Gasteiger partial charge on any atom is 0.286 e. The van der Waals surface area contributed by atoms with Gasteiger partial charge in [-0.3, -0.25) is 14.9 Å². The third-order valence-electron chi connectivity index (χ3n) is 3.38. The van der Waals surface area contributed by atoms with E-state index < -0.39 is 0 Å². The van der Waals surface area contributed by atoms with Crippen molar-refractivity contribution >= 4 is 22.9 Å². The molecule has 0 bridgehead atoms. The first-order valence-corrected chi connectivity index (χ1v) is 7.86. The summed E-state index contributed by atoms with van der Waals surface area (Å²) >= 11 is 1.04. The molecule has 2 aromatic rings. The third kappa shape index (κ3) is 3.49. The van der Waals surface area contributed by atoms with Crippen molar-refractivity contribution in [2.24, 2.45) is 0 Å². The van der Waals surface area contributed by atoms with Crippen molar-refractivity contribution in [3.05, 3.63) is 65.7 Å². The largest absolute Gasteiger partial charge is 0.489 e. The lowest BCUT2D eigenvalue weighted by Crippen LogP contribution is -2.25. The second kappa shape index (κ2) is 6.66. The number of para-hydroxylation sites is 1. The number of ether oxygens (including phenoxy) is 1. The van der Waals surface area contributed by atoms with E-state index in [-0.39, 0.29) is 16.4 Å². The van der Waals surface area contributed by atoms with Gasteiger partial charge >= 0.3 is 0 Å². The predicted molar refractivity (Wildman–Crippen MR) is 85.8 cm³/mol. The summed E-state index contributed by atoms with van der Waals surface area (Å²) in [6, 6.07) is 17.5. The van der Waals surface area contributed by atoms with Crippen LogP contribution in [0.2, 0.25) is 0 Å². The van der Waals surface area contributed by atoms with Crippen molar-refractivity contribution in [1.29, 1.82) is 0 Å². The number of nitrogens with one attached hydrogen (secondary N) is 1. The Morgan fingerprint density at radius 3 is 2.45 bits per heavy atom. The average molecular weight is 313 g/mol. The number of carbonyl (C=O) groups excluding carboxylic acids is 2. The lowest BCUT2D eigenvalue weighted by molar-refractivity contribution is -0.118. The second-order valence-electron chi connectivity index (χ2n) is 4.97. The number of carbonyl (C=O) groups is 2. The summed E-state index contributed by atoms with van der Waals surface area (Å²) in [6.45, 7) is 0.473. The van der Waals surface area contributed by atoms with E-state index in [2.05, 4.69) is 5.32 Å². The van der Waals surface area contributed by atoms with Crippen LogP contribution in [0.4, 0.5) is 4.79 Å². The fourth-order valence-corrected chi connectivity index (χ4v) is 3.12. The molecule has 1 aliphatic heterocycles. The molecule has 1 atom stereocenters. The molecule has 3 rings (SSSR count). The Hall–Kier alpha value is -2.27. The Bertz CT molecular complexity index is 687. The van der Waals surface area contributed by atoms with Crippen LogP contribution in [0.1, 0.15) is 11.1 Å². The molecule has 22 heavy (non-hydrogen) atoms. The summed E-state index contributed by atoms with van der Waals surface area (Å²) in [4.78, 5) is 22.9. The van der Waals surface area contributed by atoms with Gasteiger partial charge in [-0.15, -0.1) is 0 Å². The number of benzene rings is 2. The van der Waals surface area contributed by atoms with Crippen LogP contribution in [-0.4, -0.2) is 16.4 Å². The first kappa shape index (κ1) is 14.7. The predicted octanol–water partition coefficient (Wildman–Crippen LogP) is 3.16. The van der Waals surface area contributed by atoms with E-state index in [4.69, 9.17) is 4.74 Å². The smallest absolute Gasteiger partial charge is 0.286 e. The van der Waals surface area contributed by atoms with Gasteiger partial charge in [0.2, 0.25) is 5.91 Å². The molecule has 1 saturated heterocycles. The summed E-state index contributed by atoms with van der Waals surface area (Å²) in [5, 5.41) is 1.65. The highest BCUT2D eigenvalue weighted by molar-refractivity contribution is 8.15. The maximum absolute atomic E-state index is 11.7. The van der Waals surface area contributed by atoms with Crippen LogP contribution in [0.3, 0.4) is 0 Å². The van der Waals surface area contributed by atoms with Crippen molar-refractivity contribution in [1.82, 2.24) is 5.32 Å². The molecule has 0 saturated carbocycles. The fourth-order valence-electron chi connectivity index (χ4n) is 2.28. The Balaban J connectivity index is 1.70. The van der Waals surface area contributed by atoms with Crippen LogP contribution < -0.4 is 10.1 Å². The molecule has 4 nitrogen and oxygen atoms in total. The molecule has 112 valence electrons. The monoisotopic (exact) mass is 313 g/mol. The average Bonchev–Trinajstić information content (AvgIpc) is 2.85. The van der Waals surface area contributed by atoms with Crippen LogP contribution in [0.25, 0.3) is 0 Å². The SMILES string of the molecule is O=C1NC(=O)C(Cc2ccccc2OCc2ccccc2)S1. The molecule has 5 heteroatoms. The van der Waals surface area contributed by atoms with E-state index >= 15 is 0 Å². The van der Waals surface area contributed by atoms with Crippen LogP contribution in [0, 0.1) is 0 Å². The molecule has 1 aliphatic rings. The van der Waals surface area contributed by atoms with Gasteiger partial charge in [-0.25, -0.2) is 0 Å². The van der Waals surface area contributed by atoms with E-state index in [1.54, 1.807) is 0 Å². The zero-order valence-corrected chi connectivity index (χ0v) is 12.6. The van der Waals surface area contributed by atoms with Crippen LogP contribution >= 0.6 is 11.8 Å². The summed E-state index contributed by atoms with van der Waals surface area (Å²) in [5.74, 6) is 0.520. The van der Waals surface area contributed by atoms with E-state index in [1.807, 2.05) is 54.6 Å². The van der Waals surface area contributed by atoms with E-state index in [9.17, 15) is 9.59 Å². The maximum atomic E-state index is 11.7. The lowest BCUT2D eigenvalue weighted by atomic mass is 10.1. The Morgan fingerprint density at radius 2 is 1.73 bits per heavy atom. The van der Waals surface area contributed by atoms with Crippen molar-refractivity contribution in [2.75, 3.05) is 0 Å². The first-order valence-electron chi connectivity index (χ1n) is 6.98. The minimum absolute atomic E-state index is 0.229. The first-order chi connectivity index (χ1) is 10.7. The topological polar surface area (TPSA) is 55.4 Å². The molecule has 0 radical (unpaired) electrons. The quantitative estimate of drug-likeness (QED) is 0.921. The molecule has 0 spiro atoms. The number of thioether (sulfide) groups is 1. The standard InChI is InChI=1S/C17H15NO3S/c19-16-15(22-17(20)18-16)10-13-8-4-5-9-14(13)21-11-12-6-2-1-3-7-12/h1-9,15H,10-11H2,(H,18,19,20). The van der Waals surface area contributed by atoms with Crippen LogP contribution in [0.15, 0.2) is 54.6 Å². The summed E-state index contributed by atoms with van der Waals surface area (Å²) in [7, 11) is 0. The van der Waals surface area contributed by atoms with Gasteiger partial charge in [0, 0.05) is 0 Å². The van der Waals surface area contributed by atoms with Crippen molar-refractivity contribution in [3.8, 4) is 5.75 Å². The number of hydrogen-bond donors (Lipinski definition) is 1. The van der Waals surface area contributed by atoms with Gasteiger partial charge in [0.1, 0.15) is 12.4 Å². The van der Waals surface area contributed by atoms with E-state index in [1.165, 1.54) is 0 Å². The summed E-state index contributed by atoms with van der Waals surface area (Å²) in [6.07, 6.45) is 0.479. The highest BCUT2D eigenvalue weighted by atomic mass is 32.2. The molecule has 0 aliphatic carbocycles. The van der Waals surface area contributed by atoms with Crippen molar-refractivity contribution < 1.29 is 14.3 Å². The van der Waals surface area contributed by atoms with E-state index in [0.717, 1.165) is 28.6 Å². The number of amides is 2. The highest BCUT2D eigenvalue weighted by Crippen LogP contribution is 2.27. The minimum atomic E-state index is -0.381. The molecule has 1 heterocycles. The van der Waals surface area contributed by atoms with Gasteiger partial charge in [-0.05, 0) is 23.6 Å². The highest BCUT2D eigenvalue weighted by Gasteiger charge is 2.32. The molecular weight excluding hydrogens is 298 g/mol. The van der Waals surface area contributed by atoms with Gasteiger partial charge in [0.15, 0.2) is 0 Å². The van der Waals surface area contributed by atoms with Crippen LogP contribution in [0.5, 0.6) is 5.75 Å². The number of hydrogen-bond acceptors (Lipinski definition) is 4.